The highest BCUT2D eigenvalue weighted by Gasteiger charge is 2.16. The minimum absolute atomic E-state index is 0.780. The standard InChI is InChI=1S/C13H29N3/c1-4-16-11-7-13(8-12-16)14-9-5-6-10-15(2)3/h13-14H,4-12H2,1-3H3. The first-order chi connectivity index (χ1) is 7.72. The summed E-state index contributed by atoms with van der Waals surface area (Å²) in [4.78, 5) is 4.81. The molecule has 3 nitrogen and oxygen atoms in total. The van der Waals surface area contributed by atoms with Crippen LogP contribution >= 0.6 is 0 Å². The van der Waals surface area contributed by atoms with Gasteiger partial charge in [-0.25, -0.2) is 0 Å². The number of nitrogens with one attached hydrogen (secondary N) is 1. The van der Waals surface area contributed by atoms with Crippen LogP contribution in [-0.2, 0) is 0 Å². The molecule has 0 aromatic heterocycles. The van der Waals surface area contributed by atoms with Crippen molar-refractivity contribution in [3.05, 3.63) is 0 Å². The van der Waals surface area contributed by atoms with Gasteiger partial charge < -0.3 is 15.1 Å². The Labute approximate surface area is 101 Å². The summed E-state index contributed by atoms with van der Waals surface area (Å²) in [5.41, 5.74) is 0. The lowest BCUT2D eigenvalue weighted by Gasteiger charge is -2.31. The van der Waals surface area contributed by atoms with Crippen LogP contribution in [-0.4, -0.2) is 62.7 Å². The molecule has 1 N–H and O–H groups in total. The first kappa shape index (κ1) is 13.9. The van der Waals surface area contributed by atoms with Crippen molar-refractivity contribution in [3.8, 4) is 0 Å². The van der Waals surface area contributed by atoms with E-state index in [0.29, 0.717) is 0 Å². The summed E-state index contributed by atoms with van der Waals surface area (Å²) in [5, 5.41) is 3.69. The zero-order valence-electron chi connectivity index (χ0n) is 11.3. The molecule has 1 rings (SSSR count). The fourth-order valence-electron chi connectivity index (χ4n) is 2.31. The minimum Gasteiger partial charge on any atom is -0.314 e. The second kappa shape index (κ2) is 8.04. The van der Waals surface area contributed by atoms with Crippen molar-refractivity contribution in [1.82, 2.24) is 15.1 Å². The van der Waals surface area contributed by atoms with Gasteiger partial charge in [0.2, 0.25) is 0 Å². The molecule has 3 heteroatoms. The van der Waals surface area contributed by atoms with Gasteiger partial charge in [0.1, 0.15) is 0 Å². The molecule has 0 aromatic rings. The number of hydrogen-bond donors (Lipinski definition) is 1. The zero-order valence-corrected chi connectivity index (χ0v) is 11.3. The lowest BCUT2D eigenvalue weighted by Crippen LogP contribution is -2.42. The fourth-order valence-corrected chi connectivity index (χ4v) is 2.31. The van der Waals surface area contributed by atoms with Crippen molar-refractivity contribution >= 4 is 0 Å². The maximum absolute atomic E-state index is 3.69. The molecular weight excluding hydrogens is 198 g/mol. The van der Waals surface area contributed by atoms with Gasteiger partial charge in [-0.15, -0.1) is 0 Å². The van der Waals surface area contributed by atoms with E-state index in [1.165, 1.54) is 58.4 Å². The molecular formula is C13H29N3. The molecule has 0 radical (unpaired) electrons. The van der Waals surface area contributed by atoms with Crippen LogP contribution in [0.4, 0.5) is 0 Å². The first-order valence-corrected chi connectivity index (χ1v) is 6.83. The molecule has 0 spiro atoms. The number of rotatable bonds is 7. The third-order valence-corrected chi connectivity index (χ3v) is 3.50. The highest BCUT2D eigenvalue weighted by molar-refractivity contribution is 4.76. The molecule has 0 saturated carbocycles. The van der Waals surface area contributed by atoms with E-state index in [-0.39, 0.29) is 0 Å². The number of piperidine rings is 1. The summed E-state index contributed by atoms with van der Waals surface area (Å²) < 4.78 is 0. The van der Waals surface area contributed by atoms with Crippen molar-refractivity contribution in [1.29, 1.82) is 0 Å². The molecule has 1 saturated heterocycles. The minimum atomic E-state index is 0.780. The second-order valence-corrected chi connectivity index (χ2v) is 5.17. The van der Waals surface area contributed by atoms with E-state index >= 15 is 0 Å². The predicted molar refractivity (Wildman–Crippen MR) is 70.9 cm³/mol. The van der Waals surface area contributed by atoms with Gasteiger partial charge in [-0.2, -0.15) is 0 Å². The Hall–Kier alpha value is -0.120. The van der Waals surface area contributed by atoms with E-state index in [9.17, 15) is 0 Å². The van der Waals surface area contributed by atoms with Crippen molar-refractivity contribution in [2.45, 2.75) is 38.6 Å². The Morgan fingerprint density at radius 2 is 1.88 bits per heavy atom. The average Bonchev–Trinajstić information content (AvgIpc) is 2.29. The molecule has 0 aliphatic carbocycles. The molecule has 0 aromatic carbocycles. The molecule has 0 bridgehead atoms. The van der Waals surface area contributed by atoms with Crippen LogP contribution in [0.25, 0.3) is 0 Å². The first-order valence-electron chi connectivity index (χ1n) is 6.83. The number of hydrogen-bond acceptors (Lipinski definition) is 3. The zero-order chi connectivity index (χ0) is 11.8. The number of nitrogens with zero attached hydrogens (tertiary/aromatic N) is 2. The van der Waals surface area contributed by atoms with Gasteiger partial charge in [0.05, 0.1) is 0 Å². The Kier molecular flexibility index (Phi) is 7.01. The van der Waals surface area contributed by atoms with Crippen LogP contribution in [0.3, 0.4) is 0 Å². The summed E-state index contributed by atoms with van der Waals surface area (Å²) in [5.74, 6) is 0. The third kappa shape index (κ3) is 5.83. The van der Waals surface area contributed by atoms with Crippen molar-refractivity contribution < 1.29 is 0 Å². The van der Waals surface area contributed by atoms with Crippen LogP contribution < -0.4 is 5.32 Å². The average molecular weight is 227 g/mol. The summed E-state index contributed by atoms with van der Waals surface area (Å²) in [6.07, 6.45) is 5.29. The Balaban J connectivity index is 1.94. The van der Waals surface area contributed by atoms with Gasteiger partial charge in [0, 0.05) is 6.04 Å². The van der Waals surface area contributed by atoms with E-state index in [0.717, 1.165) is 6.04 Å². The molecule has 0 unspecified atom stereocenters. The van der Waals surface area contributed by atoms with Gasteiger partial charge in [0.25, 0.3) is 0 Å². The van der Waals surface area contributed by atoms with Gasteiger partial charge in [-0.1, -0.05) is 6.92 Å². The smallest absolute Gasteiger partial charge is 0.00914 e. The number of unbranched alkanes of at least 4 members (excludes halogenated alkanes) is 1. The fraction of sp³-hybridized carbons (Fsp3) is 1.00. The van der Waals surface area contributed by atoms with Crippen LogP contribution in [0.5, 0.6) is 0 Å². The predicted octanol–water partition coefficient (Wildman–Crippen LogP) is 1.40. The molecule has 16 heavy (non-hydrogen) atoms. The van der Waals surface area contributed by atoms with Crippen molar-refractivity contribution in [2.75, 3.05) is 46.8 Å². The highest BCUT2D eigenvalue weighted by Crippen LogP contribution is 2.09. The summed E-state index contributed by atoms with van der Waals surface area (Å²) >= 11 is 0. The van der Waals surface area contributed by atoms with Crippen LogP contribution in [0.1, 0.15) is 32.6 Å². The summed E-state index contributed by atoms with van der Waals surface area (Å²) in [6.45, 7) is 8.46. The molecule has 0 amide bonds. The van der Waals surface area contributed by atoms with Crippen LogP contribution in [0.15, 0.2) is 0 Å². The van der Waals surface area contributed by atoms with E-state index in [1.807, 2.05) is 0 Å². The van der Waals surface area contributed by atoms with Crippen LogP contribution in [0, 0.1) is 0 Å². The molecule has 1 heterocycles. The SMILES string of the molecule is CCN1CCC(NCCCCN(C)C)CC1. The number of likely N-dealkylation sites (tertiary alicyclic amines) is 1. The third-order valence-electron chi connectivity index (χ3n) is 3.50. The topological polar surface area (TPSA) is 18.5 Å². The molecule has 1 fully saturated rings. The van der Waals surface area contributed by atoms with Crippen LogP contribution in [0.2, 0.25) is 0 Å². The van der Waals surface area contributed by atoms with E-state index in [2.05, 4.69) is 36.1 Å². The van der Waals surface area contributed by atoms with Gasteiger partial charge in [-0.05, 0) is 72.5 Å². The lowest BCUT2D eigenvalue weighted by molar-refractivity contribution is 0.206. The molecule has 1 aliphatic rings. The molecule has 0 atom stereocenters. The van der Waals surface area contributed by atoms with Gasteiger partial charge >= 0.3 is 0 Å². The Morgan fingerprint density at radius 3 is 2.44 bits per heavy atom. The maximum Gasteiger partial charge on any atom is 0.00914 e. The monoisotopic (exact) mass is 227 g/mol. The van der Waals surface area contributed by atoms with E-state index in [4.69, 9.17) is 0 Å². The van der Waals surface area contributed by atoms with Gasteiger partial charge in [0.15, 0.2) is 0 Å². The Morgan fingerprint density at radius 1 is 1.19 bits per heavy atom. The van der Waals surface area contributed by atoms with Gasteiger partial charge in [-0.3, -0.25) is 0 Å². The summed E-state index contributed by atoms with van der Waals surface area (Å²) in [7, 11) is 4.29. The molecule has 96 valence electrons. The van der Waals surface area contributed by atoms with E-state index < -0.39 is 0 Å². The summed E-state index contributed by atoms with van der Waals surface area (Å²) in [6, 6.07) is 0.780. The van der Waals surface area contributed by atoms with Crippen molar-refractivity contribution in [2.24, 2.45) is 0 Å². The quantitative estimate of drug-likeness (QED) is 0.663. The maximum atomic E-state index is 3.69. The van der Waals surface area contributed by atoms with E-state index in [1.54, 1.807) is 0 Å². The lowest BCUT2D eigenvalue weighted by atomic mass is 10.1. The van der Waals surface area contributed by atoms with Crippen molar-refractivity contribution in [3.63, 3.8) is 0 Å². The normalized spacial score (nSPS) is 19.5. The highest BCUT2D eigenvalue weighted by atomic mass is 15.1. The molecule has 1 aliphatic heterocycles. The Bertz CT molecular complexity index is 163. The second-order valence-electron chi connectivity index (χ2n) is 5.17. The largest absolute Gasteiger partial charge is 0.314 e.